The number of anilines is 1. The van der Waals surface area contributed by atoms with Crippen LogP contribution in [0.3, 0.4) is 0 Å². The van der Waals surface area contributed by atoms with E-state index in [0.717, 1.165) is 23.1 Å². The maximum Gasteiger partial charge on any atom is 0.261 e. The van der Waals surface area contributed by atoms with Crippen LogP contribution in [0.15, 0.2) is 75.7 Å². The molecule has 0 spiro atoms. The summed E-state index contributed by atoms with van der Waals surface area (Å²) in [5.74, 6) is -0.985. The Morgan fingerprint density at radius 3 is 2.55 bits per heavy atom. The van der Waals surface area contributed by atoms with Crippen molar-refractivity contribution in [2.45, 2.75) is 11.4 Å². The average Bonchev–Trinajstić information content (AvgIpc) is 3.26. The fraction of sp³-hybridized carbons (Fsp3) is 0.0476. The van der Waals surface area contributed by atoms with E-state index < -0.39 is 27.3 Å². The van der Waals surface area contributed by atoms with Gasteiger partial charge >= 0.3 is 0 Å². The highest BCUT2D eigenvalue weighted by Gasteiger charge is 2.18. The topological polar surface area (TPSA) is 108 Å². The van der Waals surface area contributed by atoms with Crippen molar-refractivity contribution in [1.82, 2.24) is 10.3 Å². The number of amides is 1. The predicted molar refractivity (Wildman–Crippen MR) is 117 cm³/mol. The van der Waals surface area contributed by atoms with Gasteiger partial charge in [0.2, 0.25) is 5.56 Å². The number of sulfonamides is 1. The molecule has 0 aliphatic heterocycles. The number of aromatic nitrogens is 1. The number of hydrogen-bond acceptors (Lipinski definition) is 5. The summed E-state index contributed by atoms with van der Waals surface area (Å²) >= 11 is 1.48. The van der Waals surface area contributed by atoms with Crippen LogP contribution >= 0.6 is 11.3 Å². The van der Waals surface area contributed by atoms with Crippen LogP contribution in [-0.2, 0) is 16.6 Å². The normalized spacial score (nSPS) is 11.4. The Kier molecular flexibility index (Phi) is 5.57. The Morgan fingerprint density at radius 2 is 1.84 bits per heavy atom. The van der Waals surface area contributed by atoms with Crippen LogP contribution in [0.5, 0.6) is 0 Å². The smallest absolute Gasteiger partial charge is 0.261 e. The first kappa shape index (κ1) is 20.8. The fourth-order valence-electron chi connectivity index (χ4n) is 3.00. The van der Waals surface area contributed by atoms with Gasteiger partial charge in [0.05, 0.1) is 17.0 Å². The Morgan fingerprint density at radius 1 is 1.06 bits per heavy atom. The van der Waals surface area contributed by atoms with Gasteiger partial charge in [-0.1, -0.05) is 6.07 Å². The van der Waals surface area contributed by atoms with E-state index in [1.807, 2.05) is 17.5 Å². The molecular formula is C21H16FN3O4S2. The van der Waals surface area contributed by atoms with E-state index >= 15 is 0 Å². The molecule has 0 unspecified atom stereocenters. The molecule has 4 rings (SSSR count). The number of carbonyl (C=O) groups is 1. The van der Waals surface area contributed by atoms with Crippen LogP contribution in [0.4, 0.5) is 10.1 Å². The second-order valence-corrected chi connectivity index (χ2v) is 9.34. The molecule has 2 heterocycles. The zero-order chi connectivity index (χ0) is 22.0. The second kappa shape index (κ2) is 8.32. The predicted octanol–water partition coefficient (Wildman–Crippen LogP) is 3.46. The quantitative estimate of drug-likeness (QED) is 0.412. The van der Waals surface area contributed by atoms with Crippen LogP contribution < -0.4 is 15.6 Å². The van der Waals surface area contributed by atoms with Crippen LogP contribution in [0.25, 0.3) is 10.9 Å². The van der Waals surface area contributed by atoms with Gasteiger partial charge in [-0.2, -0.15) is 0 Å². The van der Waals surface area contributed by atoms with Crippen molar-refractivity contribution >= 4 is 43.9 Å². The number of H-pyrrole nitrogens is 1. The second-order valence-electron chi connectivity index (χ2n) is 6.63. The standard InChI is InChI=1S/C21H16FN3O4S2/c22-13-3-5-14(6-4-13)25-31(28,29)16-7-8-19-17(10-16)18(11-20(26)24-19)21(27)23-12-15-2-1-9-30-15/h1-11,25H,12H2,(H,23,27)(H,24,26). The van der Waals surface area contributed by atoms with E-state index in [4.69, 9.17) is 0 Å². The Labute approximate surface area is 180 Å². The number of nitrogens with one attached hydrogen (secondary N) is 3. The summed E-state index contributed by atoms with van der Waals surface area (Å²) in [6.07, 6.45) is 0. The summed E-state index contributed by atoms with van der Waals surface area (Å²) in [6.45, 7) is 0.287. The minimum Gasteiger partial charge on any atom is -0.347 e. The molecule has 31 heavy (non-hydrogen) atoms. The first-order valence-electron chi connectivity index (χ1n) is 9.08. The molecule has 2 aromatic carbocycles. The summed E-state index contributed by atoms with van der Waals surface area (Å²) in [6, 6.07) is 13.8. The highest BCUT2D eigenvalue weighted by molar-refractivity contribution is 7.92. The lowest BCUT2D eigenvalue weighted by molar-refractivity contribution is 0.0952. The molecule has 0 aliphatic carbocycles. The van der Waals surface area contributed by atoms with Crippen molar-refractivity contribution < 1.29 is 17.6 Å². The SMILES string of the molecule is O=C(NCc1cccs1)c1cc(=O)[nH]c2ccc(S(=O)(=O)Nc3ccc(F)cc3)cc12. The van der Waals surface area contributed by atoms with Crippen molar-refractivity contribution in [1.29, 1.82) is 0 Å². The number of aromatic amines is 1. The van der Waals surface area contributed by atoms with Gasteiger partial charge in [0.1, 0.15) is 5.82 Å². The van der Waals surface area contributed by atoms with Gasteiger partial charge in [0.15, 0.2) is 0 Å². The van der Waals surface area contributed by atoms with Gasteiger partial charge in [-0.3, -0.25) is 14.3 Å². The average molecular weight is 458 g/mol. The molecule has 4 aromatic rings. The number of fused-ring (bicyclic) bond motifs is 1. The third kappa shape index (κ3) is 4.65. The summed E-state index contributed by atoms with van der Waals surface area (Å²) in [5.41, 5.74) is 0.106. The van der Waals surface area contributed by atoms with Gasteiger partial charge in [0, 0.05) is 27.5 Å². The van der Waals surface area contributed by atoms with Crippen LogP contribution in [-0.4, -0.2) is 19.3 Å². The first-order valence-corrected chi connectivity index (χ1v) is 11.4. The summed E-state index contributed by atoms with van der Waals surface area (Å²) in [4.78, 5) is 28.2. The number of benzene rings is 2. The first-order chi connectivity index (χ1) is 14.8. The molecule has 7 nitrogen and oxygen atoms in total. The third-order valence-corrected chi connectivity index (χ3v) is 6.72. The zero-order valence-corrected chi connectivity index (χ0v) is 17.5. The number of rotatable bonds is 6. The van der Waals surface area contributed by atoms with Crippen LogP contribution in [0.1, 0.15) is 15.2 Å². The Balaban J connectivity index is 1.69. The van der Waals surface area contributed by atoms with Crippen molar-refractivity contribution in [2.24, 2.45) is 0 Å². The van der Waals surface area contributed by atoms with E-state index in [-0.39, 0.29) is 28.1 Å². The molecular weight excluding hydrogens is 441 g/mol. The highest BCUT2D eigenvalue weighted by Crippen LogP contribution is 2.23. The zero-order valence-electron chi connectivity index (χ0n) is 15.9. The molecule has 10 heteroatoms. The Hall–Kier alpha value is -3.50. The van der Waals surface area contributed by atoms with Gasteiger partial charge < -0.3 is 10.3 Å². The number of carbonyl (C=O) groups excluding carboxylic acids is 1. The van der Waals surface area contributed by atoms with E-state index in [9.17, 15) is 22.4 Å². The van der Waals surface area contributed by atoms with Crippen molar-refractivity contribution in [3.05, 3.63) is 92.7 Å². The maximum absolute atomic E-state index is 13.1. The molecule has 0 saturated carbocycles. The number of hydrogen-bond donors (Lipinski definition) is 3. The van der Waals surface area contributed by atoms with Gasteiger partial charge in [0.25, 0.3) is 15.9 Å². The molecule has 158 valence electrons. The van der Waals surface area contributed by atoms with Crippen molar-refractivity contribution in [3.8, 4) is 0 Å². The lowest BCUT2D eigenvalue weighted by Gasteiger charge is -2.11. The van der Waals surface area contributed by atoms with Crippen LogP contribution in [0, 0.1) is 5.82 Å². The monoisotopic (exact) mass is 457 g/mol. The molecule has 3 N–H and O–H groups in total. The molecule has 0 atom stereocenters. The Bertz CT molecular complexity index is 1410. The lowest BCUT2D eigenvalue weighted by atomic mass is 10.1. The number of halogens is 1. The minimum atomic E-state index is -4.01. The maximum atomic E-state index is 13.1. The molecule has 0 saturated heterocycles. The summed E-state index contributed by atoms with van der Waals surface area (Å²) < 4.78 is 41.0. The molecule has 0 bridgehead atoms. The molecule has 2 aromatic heterocycles. The fourth-order valence-corrected chi connectivity index (χ4v) is 4.72. The van der Waals surface area contributed by atoms with Gasteiger partial charge in [-0.25, -0.2) is 12.8 Å². The van der Waals surface area contributed by atoms with Gasteiger partial charge in [-0.15, -0.1) is 11.3 Å². The summed E-state index contributed by atoms with van der Waals surface area (Å²) in [5, 5.41) is 4.91. The molecule has 0 radical (unpaired) electrons. The van der Waals surface area contributed by atoms with Crippen molar-refractivity contribution in [2.75, 3.05) is 4.72 Å². The van der Waals surface area contributed by atoms with Gasteiger partial charge in [-0.05, 0) is 53.9 Å². The largest absolute Gasteiger partial charge is 0.347 e. The number of thiophene rings is 1. The highest BCUT2D eigenvalue weighted by atomic mass is 32.2. The molecule has 1 amide bonds. The van der Waals surface area contributed by atoms with Crippen LogP contribution in [0.2, 0.25) is 0 Å². The lowest BCUT2D eigenvalue weighted by Crippen LogP contribution is -2.24. The van der Waals surface area contributed by atoms with E-state index in [1.165, 1.54) is 41.7 Å². The number of pyridine rings is 1. The van der Waals surface area contributed by atoms with Crippen molar-refractivity contribution in [3.63, 3.8) is 0 Å². The molecule has 0 aliphatic rings. The van der Waals surface area contributed by atoms with E-state index in [0.29, 0.717) is 5.52 Å². The third-order valence-electron chi connectivity index (χ3n) is 4.47. The summed E-state index contributed by atoms with van der Waals surface area (Å²) in [7, 11) is -4.01. The van der Waals surface area contributed by atoms with E-state index in [1.54, 1.807) is 0 Å². The molecule has 0 fully saturated rings. The minimum absolute atomic E-state index is 0.0640. The van der Waals surface area contributed by atoms with E-state index in [2.05, 4.69) is 15.0 Å².